The van der Waals surface area contributed by atoms with Crippen LogP contribution in [0.25, 0.3) is 10.9 Å². The summed E-state index contributed by atoms with van der Waals surface area (Å²) in [6.45, 7) is 5.76. The van der Waals surface area contributed by atoms with E-state index in [1.54, 1.807) is 0 Å². The van der Waals surface area contributed by atoms with Crippen LogP contribution in [0.1, 0.15) is 25.3 Å². The van der Waals surface area contributed by atoms with Crippen LogP contribution in [0.5, 0.6) is 0 Å². The zero-order valence-electron chi connectivity index (χ0n) is 14.2. The van der Waals surface area contributed by atoms with E-state index >= 15 is 0 Å². The predicted octanol–water partition coefficient (Wildman–Crippen LogP) is 3.14. The fourth-order valence-corrected chi connectivity index (χ4v) is 3.31. The highest BCUT2D eigenvalue weighted by atomic mass is 16.1. The first kappa shape index (κ1) is 16.7. The highest BCUT2D eigenvalue weighted by Crippen LogP contribution is 2.22. The molecule has 126 valence electrons. The van der Waals surface area contributed by atoms with E-state index in [1.165, 1.54) is 10.9 Å². The maximum absolute atomic E-state index is 11.7. The molecule has 24 heavy (non-hydrogen) atoms. The van der Waals surface area contributed by atoms with Crippen LogP contribution in [0.3, 0.4) is 0 Å². The number of carbonyl (C=O) groups is 1. The molecule has 0 radical (unpaired) electrons. The standard InChI is InChI=1S/C20H25N3O/c1-2-3-9-19(24)22-13-16-10-12-23(14-16)15-18-7-4-6-17-8-5-11-21-20(17)18/h2-8,11,16H,9-10,12-15H2,1H3,(H,22,24)/b3-2+. The van der Waals surface area contributed by atoms with Crippen LogP contribution < -0.4 is 5.32 Å². The van der Waals surface area contributed by atoms with Gasteiger partial charge in [-0.3, -0.25) is 14.7 Å². The molecule has 4 nitrogen and oxygen atoms in total. The van der Waals surface area contributed by atoms with Gasteiger partial charge in [-0.2, -0.15) is 0 Å². The van der Waals surface area contributed by atoms with Crippen molar-refractivity contribution in [1.82, 2.24) is 15.2 Å². The van der Waals surface area contributed by atoms with E-state index in [0.717, 1.165) is 38.1 Å². The van der Waals surface area contributed by atoms with E-state index in [4.69, 9.17) is 0 Å². The molecule has 1 aromatic heterocycles. The molecule has 1 aliphatic rings. The fourth-order valence-electron chi connectivity index (χ4n) is 3.31. The Morgan fingerprint density at radius 1 is 1.38 bits per heavy atom. The largest absolute Gasteiger partial charge is 0.356 e. The minimum Gasteiger partial charge on any atom is -0.356 e. The third-order valence-corrected chi connectivity index (χ3v) is 4.61. The zero-order chi connectivity index (χ0) is 16.8. The summed E-state index contributed by atoms with van der Waals surface area (Å²) in [7, 11) is 0. The van der Waals surface area contributed by atoms with Crippen LogP contribution in [-0.2, 0) is 11.3 Å². The van der Waals surface area contributed by atoms with Crippen LogP contribution in [0.4, 0.5) is 0 Å². The number of rotatable bonds is 6. The third kappa shape index (κ3) is 4.20. The van der Waals surface area contributed by atoms with Gasteiger partial charge in [-0.25, -0.2) is 0 Å². The molecule has 1 unspecified atom stereocenters. The second-order valence-electron chi connectivity index (χ2n) is 6.46. The van der Waals surface area contributed by atoms with Gasteiger partial charge in [-0.05, 0) is 37.4 Å². The molecule has 1 N–H and O–H groups in total. The summed E-state index contributed by atoms with van der Waals surface area (Å²) in [6, 6.07) is 10.5. The Labute approximate surface area is 143 Å². The van der Waals surface area contributed by atoms with E-state index in [2.05, 4.69) is 39.5 Å². The number of allylic oxidation sites excluding steroid dienone is 1. The molecular weight excluding hydrogens is 298 g/mol. The molecule has 1 saturated heterocycles. The molecule has 4 heteroatoms. The Kier molecular flexibility index (Phi) is 5.59. The highest BCUT2D eigenvalue weighted by Gasteiger charge is 2.23. The number of nitrogens with one attached hydrogen (secondary N) is 1. The summed E-state index contributed by atoms with van der Waals surface area (Å²) in [4.78, 5) is 18.7. The van der Waals surface area contributed by atoms with Gasteiger partial charge in [0.2, 0.25) is 5.91 Å². The summed E-state index contributed by atoms with van der Waals surface area (Å²) in [5.74, 6) is 0.660. The molecule has 0 aliphatic carbocycles. The van der Waals surface area contributed by atoms with E-state index in [1.807, 2.05) is 31.3 Å². The number of hydrogen-bond acceptors (Lipinski definition) is 3. The van der Waals surface area contributed by atoms with Crippen molar-refractivity contribution in [2.45, 2.75) is 26.3 Å². The second kappa shape index (κ2) is 8.06. The van der Waals surface area contributed by atoms with Crippen molar-refractivity contribution in [2.75, 3.05) is 19.6 Å². The van der Waals surface area contributed by atoms with Gasteiger partial charge in [0, 0.05) is 37.6 Å². The summed E-state index contributed by atoms with van der Waals surface area (Å²) >= 11 is 0. The average molecular weight is 323 g/mol. The first-order chi connectivity index (χ1) is 11.8. The molecule has 2 heterocycles. The Balaban J connectivity index is 1.53. The topological polar surface area (TPSA) is 45.2 Å². The number of para-hydroxylation sites is 1. The summed E-state index contributed by atoms with van der Waals surface area (Å²) in [5.41, 5.74) is 2.38. The number of aromatic nitrogens is 1. The third-order valence-electron chi connectivity index (χ3n) is 4.61. The van der Waals surface area contributed by atoms with Crippen LogP contribution in [-0.4, -0.2) is 35.4 Å². The number of fused-ring (bicyclic) bond motifs is 1. The summed E-state index contributed by atoms with van der Waals surface area (Å²) in [6.07, 6.45) is 7.29. The molecule has 0 spiro atoms. The van der Waals surface area contributed by atoms with E-state index in [-0.39, 0.29) is 5.91 Å². The first-order valence-electron chi connectivity index (χ1n) is 8.69. The Morgan fingerprint density at radius 2 is 2.25 bits per heavy atom. The minimum atomic E-state index is 0.116. The highest BCUT2D eigenvalue weighted by molar-refractivity contribution is 5.81. The van der Waals surface area contributed by atoms with Crippen molar-refractivity contribution in [2.24, 2.45) is 5.92 Å². The normalized spacial score (nSPS) is 18.5. The molecule has 1 atom stereocenters. The molecule has 0 bridgehead atoms. The maximum atomic E-state index is 11.7. The van der Waals surface area contributed by atoms with Crippen LogP contribution >= 0.6 is 0 Å². The lowest BCUT2D eigenvalue weighted by Crippen LogP contribution is -2.30. The van der Waals surface area contributed by atoms with Gasteiger partial charge in [0.1, 0.15) is 0 Å². The van der Waals surface area contributed by atoms with Gasteiger partial charge in [0.15, 0.2) is 0 Å². The molecule has 1 fully saturated rings. The smallest absolute Gasteiger partial charge is 0.223 e. The van der Waals surface area contributed by atoms with Gasteiger partial charge >= 0.3 is 0 Å². The molecule has 2 aromatic rings. The first-order valence-corrected chi connectivity index (χ1v) is 8.69. The Bertz CT molecular complexity index is 720. The number of benzene rings is 1. The van der Waals surface area contributed by atoms with Crippen molar-refractivity contribution in [1.29, 1.82) is 0 Å². The number of carbonyl (C=O) groups excluding carboxylic acids is 1. The molecule has 1 aliphatic heterocycles. The predicted molar refractivity (Wildman–Crippen MR) is 97.6 cm³/mol. The second-order valence-corrected chi connectivity index (χ2v) is 6.46. The quantitative estimate of drug-likeness (QED) is 0.831. The molecule has 1 aromatic carbocycles. The number of nitrogens with zero attached hydrogens (tertiary/aromatic N) is 2. The van der Waals surface area contributed by atoms with Gasteiger partial charge in [-0.1, -0.05) is 36.4 Å². The average Bonchev–Trinajstić information content (AvgIpc) is 3.06. The molecular formula is C20H25N3O. The van der Waals surface area contributed by atoms with Crippen molar-refractivity contribution >= 4 is 16.8 Å². The Hall–Kier alpha value is -2.20. The van der Waals surface area contributed by atoms with Crippen molar-refractivity contribution in [3.8, 4) is 0 Å². The van der Waals surface area contributed by atoms with Crippen molar-refractivity contribution < 1.29 is 4.79 Å². The monoisotopic (exact) mass is 323 g/mol. The number of hydrogen-bond donors (Lipinski definition) is 1. The van der Waals surface area contributed by atoms with E-state index in [0.29, 0.717) is 12.3 Å². The van der Waals surface area contributed by atoms with Gasteiger partial charge in [0.05, 0.1) is 5.52 Å². The van der Waals surface area contributed by atoms with Gasteiger partial charge in [-0.15, -0.1) is 0 Å². The van der Waals surface area contributed by atoms with Gasteiger partial charge < -0.3 is 5.32 Å². The van der Waals surface area contributed by atoms with Gasteiger partial charge in [0.25, 0.3) is 0 Å². The number of amides is 1. The maximum Gasteiger partial charge on any atom is 0.223 e. The van der Waals surface area contributed by atoms with E-state index < -0.39 is 0 Å². The summed E-state index contributed by atoms with van der Waals surface area (Å²) < 4.78 is 0. The molecule has 3 rings (SSSR count). The SMILES string of the molecule is C/C=C/CC(=O)NCC1CCN(Cc2cccc3cccnc23)C1. The van der Waals surface area contributed by atoms with Crippen LogP contribution in [0, 0.1) is 5.92 Å². The number of pyridine rings is 1. The van der Waals surface area contributed by atoms with Crippen LogP contribution in [0.15, 0.2) is 48.7 Å². The van der Waals surface area contributed by atoms with Crippen molar-refractivity contribution in [3.05, 3.63) is 54.2 Å². The van der Waals surface area contributed by atoms with Crippen LogP contribution in [0.2, 0.25) is 0 Å². The zero-order valence-corrected chi connectivity index (χ0v) is 14.2. The lowest BCUT2D eigenvalue weighted by atomic mass is 10.1. The Morgan fingerprint density at radius 3 is 3.12 bits per heavy atom. The fraction of sp³-hybridized carbons (Fsp3) is 0.400. The molecule has 0 saturated carbocycles. The molecule has 1 amide bonds. The number of likely N-dealkylation sites (tertiary alicyclic amines) is 1. The van der Waals surface area contributed by atoms with E-state index in [9.17, 15) is 4.79 Å². The lowest BCUT2D eigenvalue weighted by molar-refractivity contribution is -0.120. The summed E-state index contributed by atoms with van der Waals surface area (Å²) in [5, 5.41) is 4.24. The lowest BCUT2D eigenvalue weighted by Gasteiger charge is -2.17. The minimum absolute atomic E-state index is 0.116. The van der Waals surface area contributed by atoms with Crippen molar-refractivity contribution in [3.63, 3.8) is 0 Å².